The average Bonchev–Trinajstić information content (AvgIpc) is 2.36. The summed E-state index contributed by atoms with van der Waals surface area (Å²) >= 11 is 6.71. The van der Waals surface area contributed by atoms with Crippen LogP contribution in [0.25, 0.3) is 0 Å². The normalized spacial score (nSPS) is 8.56. The van der Waals surface area contributed by atoms with Crippen LogP contribution in [0.2, 0.25) is 0 Å². The summed E-state index contributed by atoms with van der Waals surface area (Å²) in [5.74, 6) is 0. The highest BCUT2D eigenvalue weighted by Crippen LogP contribution is 2.10. The molecule has 18 heavy (non-hydrogen) atoms. The zero-order valence-corrected chi connectivity index (χ0v) is 14.5. The van der Waals surface area contributed by atoms with Gasteiger partial charge < -0.3 is 0 Å². The highest BCUT2D eigenvalue weighted by Gasteiger charge is 1.82. The maximum absolute atomic E-state index is 3.36. The Kier molecular flexibility index (Phi) is 9.99. The van der Waals surface area contributed by atoms with E-state index >= 15 is 0 Å². The third-order valence-corrected chi connectivity index (χ3v) is 3.01. The van der Waals surface area contributed by atoms with Gasteiger partial charge in [0.1, 0.15) is 0 Å². The van der Waals surface area contributed by atoms with Crippen LogP contribution >= 0.6 is 31.9 Å². The zero-order valence-electron chi connectivity index (χ0n) is 11.4. The summed E-state index contributed by atoms with van der Waals surface area (Å²) < 4.78 is 2.29. The van der Waals surface area contributed by atoms with Gasteiger partial charge in [-0.3, -0.25) is 0 Å². The molecule has 2 heteroatoms. The molecule has 0 aliphatic carbocycles. The first-order valence-corrected chi connectivity index (χ1v) is 7.61. The monoisotopic (exact) mass is 370 g/mol. The fourth-order valence-corrected chi connectivity index (χ4v) is 1.92. The van der Waals surface area contributed by atoms with E-state index in [1.54, 1.807) is 0 Å². The molecule has 0 spiro atoms. The molecule has 0 radical (unpaired) electrons. The van der Waals surface area contributed by atoms with Gasteiger partial charge in [-0.25, -0.2) is 0 Å². The maximum atomic E-state index is 3.36. The number of benzene rings is 2. The first kappa shape index (κ1) is 17.4. The van der Waals surface area contributed by atoms with Crippen LogP contribution in [-0.2, 0) is 0 Å². The smallest absolute Gasteiger partial charge is 0.0177 e. The minimum absolute atomic E-state index is 1.14. The molecule has 0 unspecified atom stereocenters. The van der Waals surface area contributed by atoms with Gasteiger partial charge in [0, 0.05) is 8.95 Å². The van der Waals surface area contributed by atoms with E-state index < -0.39 is 0 Å². The summed E-state index contributed by atoms with van der Waals surface area (Å²) in [6, 6.07) is 16.4. The van der Waals surface area contributed by atoms with E-state index in [9.17, 15) is 0 Å². The molecule has 0 saturated heterocycles. The summed E-state index contributed by atoms with van der Waals surface area (Å²) in [5, 5.41) is 0. The van der Waals surface area contributed by atoms with Gasteiger partial charge in [-0.15, -0.1) is 0 Å². The van der Waals surface area contributed by atoms with Crippen LogP contribution in [0.1, 0.15) is 25.0 Å². The van der Waals surface area contributed by atoms with Gasteiger partial charge in [0.05, 0.1) is 0 Å². The van der Waals surface area contributed by atoms with Crippen molar-refractivity contribution in [3.63, 3.8) is 0 Å². The van der Waals surface area contributed by atoms with Crippen LogP contribution in [-0.4, -0.2) is 0 Å². The second kappa shape index (κ2) is 10.3. The maximum Gasteiger partial charge on any atom is 0.0177 e. The number of hydrogen-bond acceptors (Lipinski definition) is 0. The van der Waals surface area contributed by atoms with Gasteiger partial charge in [-0.2, -0.15) is 0 Å². The minimum Gasteiger partial charge on any atom is -0.0683 e. The van der Waals surface area contributed by atoms with E-state index in [1.165, 1.54) is 11.1 Å². The highest BCUT2D eigenvalue weighted by molar-refractivity contribution is 9.10. The Labute approximate surface area is 128 Å². The second-order valence-electron chi connectivity index (χ2n) is 3.59. The van der Waals surface area contributed by atoms with Crippen molar-refractivity contribution in [2.45, 2.75) is 27.7 Å². The van der Waals surface area contributed by atoms with Crippen LogP contribution in [0.4, 0.5) is 0 Å². The van der Waals surface area contributed by atoms with Gasteiger partial charge in [0.2, 0.25) is 0 Å². The fourth-order valence-electron chi connectivity index (χ4n) is 1.14. The molecule has 98 valence electrons. The predicted octanol–water partition coefficient (Wildman–Crippen LogP) is 6.54. The van der Waals surface area contributed by atoms with E-state index in [2.05, 4.69) is 70.0 Å². The molecule has 0 atom stereocenters. The average molecular weight is 372 g/mol. The molecule has 0 saturated carbocycles. The molecule has 0 aliphatic heterocycles. The number of aryl methyl sites for hydroxylation is 2. The predicted molar refractivity (Wildman–Crippen MR) is 89.1 cm³/mol. The zero-order chi connectivity index (χ0) is 14.0. The molecule has 2 aromatic rings. The summed E-state index contributed by atoms with van der Waals surface area (Å²) in [6.07, 6.45) is 0. The molecule has 0 aromatic heterocycles. The lowest BCUT2D eigenvalue weighted by atomic mass is 10.2. The Morgan fingerprint density at radius 1 is 0.667 bits per heavy atom. The van der Waals surface area contributed by atoms with Crippen molar-refractivity contribution in [1.29, 1.82) is 0 Å². The van der Waals surface area contributed by atoms with E-state index in [-0.39, 0.29) is 0 Å². The van der Waals surface area contributed by atoms with Crippen molar-refractivity contribution in [3.8, 4) is 0 Å². The molecule has 0 N–H and O–H groups in total. The second-order valence-corrected chi connectivity index (χ2v) is 5.43. The van der Waals surface area contributed by atoms with Crippen molar-refractivity contribution in [3.05, 3.63) is 68.6 Å². The van der Waals surface area contributed by atoms with E-state index in [4.69, 9.17) is 0 Å². The quantitative estimate of drug-likeness (QED) is 0.493. The highest BCUT2D eigenvalue weighted by atomic mass is 79.9. The number of rotatable bonds is 0. The van der Waals surface area contributed by atoms with E-state index in [1.807, 2.05) is 38.1 Å². The molecular weight excluding hydrogens is 352 g/mol. The molecule has 0 fully saturated rings. The van der Waals surface area contributed by atoms with Crippen molar-refractivity contribution < 1.29 is 0 Å². The molecule has 0 heterocycles. The summed E-state index contributed by atoms with van der Waals surface area (Å²) in [6.45, 7) is 8.15. The van der Waals surface area contributed by atoms with Gasteiger partial charge >= 0.3 is 0 Å². The van der Waals surface area contributed by atoms with Crippen LogP contribution < -0.4 is 0 Å². The number of hydrogen-bond donors (Lipinski definition) is 0. The Balaban J connectivity index is 0.000000283. The van der Waals surface area contributed by atoms with Crippen LogP contribution in [0.15, 0.2) is 57.5 Å². The van der Waals surface area contributed by atoms with E-state index in [0.29, 0.717) is 0 Å². The molecule has 2 rings (SSSR count). The lowest BCUT2D eigenvalue weighted by Crippen LogP contribution is -1.67. The largest absolute Gasteiger partial charge is 0.0683 e. The Hall–Kier alpha value is -0.600. The van der Waals surface area contributed by atoms with Crippen molar-refractivity contribution >= 4 is 31.9 Å². The van der Waals surface area contributed by atoms with Gasteiger partial charge in [-0.05, 0) is 38.1 Å². The summed E-state index contributed by atoms with van der Waals surface area (Å²) in [5.41, 5.74) is 2.59. The topological polar surface area (TPSA) is 0 Å². The van der Waals surface area contributed by atoms with Gasteiger partial charge in [0.25, 0.3) is 0 Å². The minimum atomic E-state index is 1.14. The summed E-state index contributed by atoms with van der Waals surface area (Å²) in [7, 11) is 0. The Morgan fingerprint density at radius 3 is 1.56 bits per heavy atom. The van der Waals surface area contributed by atoms with Crippen LogP contribution in [0.5, 0.6) is 0 Å². The van der Waals surface area contributed by atoms with Crippen molar-refractivity contribution in [1.82, 2.24) is 0 Å². The third kappa shape index (κ3) is 8.48. The number of halogens is 2. The van der Waals surface area contributed by atoms with Gasteiger partial charge in [0.15, 0.2) is 0 Å². The first-order chi connectivity index (χ1) is 8.58. The molecule has 0 bridgehead atoms. The lowest BCUT2D eigenvalue weighted by molar-refractivity contribution is 1.45. The molecule has 0 aliphatic rings. The summed E-state index contributed by atoms with van der Waals surface area (Å²) in [4.78, 5) is 0. The third-order valence-electron chi connectivity index (χ3n) is 1.99. The molecule has 0 amide bonds. The Morgan fingerprint density at radius 2 is 1.22 bits per heavy atom. The molecular formula is C16H20Br2. The van der Waals surface area contributed by atoms with Crippen molar-refractivity contribution in [2.24, 2.45) is 0 Å². The standard InChI is InChI=1S/2C7H7Br.C2H6/c1-6-2-4-7(8)5-3-6;1-6-3-2-4-7(8)5-6;1-2/h2*2-5H,1H3;1-2H3. The fraction of sp³-hybridized carbons (Fsp3) is 0.250. The lowest BCUT2D eigenvalue weighted by Gasteiger charge is -1.89. The first-order valence-electron chi connectivity index (χ1n) is 6.02. The molecule has 2 aromatic carbocycles. The van der Waals surface area contributed by atoms with Crippen molar-refractivity contribution in [2.75, 3.05) is 0 Å². The Bertz CT molecular complexity index is 395. The van der Waals surface area contributed by atoms with E-state index in [0.717, 1.165) is 8.95 Å². The SMILES string of the molecule is CC.Cc1ccc(Br)cc1.Cc1cccc(Br)c1. The molecule has 0 nitrogen and oxygen atoms in total. The van der Waals surface area contributed by atoms with Gasteiger partial charge in [-0.1, -0.05) is 81.1 Å². The van der Waals surface area contributed by atoms with Crippen LogP contribution in [0, 0.1) is 13.8 Å². The van der Waals surface area contributed by atoms with Crippen LogP contribution in [0.3, 0.4) is 0 Å².